The zero-order chi connectivity index (χ0) is 27.2. The number of piperazine rings is 1. The molecule has 0 aliphatic carbocycles. The first-order valence-corrected chi connectivity index (χ1v) is 12.5. The third-order valence-corrected chi connectivity index (χ3v) is 6.92. The van der Waals surface area contributed by atoms with E-state index in [4.69, 9.17) is 0 Å². The van der Waals surface area contributed by atoms with Gasteiger partial charge in [0.05, 0.1) is 24.0 Å². The van der Waals surface area contributed by atoms with Gasteiger partial charge in [-0.25, -0.2) is 23.3 Å². The van der Waals surface area contributed by atoms with E-state index in [0.29, 0.717) is 43.1 Å². The molecule has 0 spiro atoms. The molecule has 4 heterocycles. The standard InChI is InChI=1S/C27H29F2N7O2/c1-16(2)19-13-20(17-5-7-18(8-6-17)22(28)29)33-36-14-21(32-24(19)36)25(37)35-12-11-34(15-27(35,3)4)26(38)23-30-9-10-31-23/h5-9,13-14,16,22H,10-12,15H2,1-4H3. The summed E-state index contributed by atoms with van der Waals surface area (Å²) in [5.41, 5.74) is 2.31. The van der Waals surface area contributed by atoms with E-state index < -0.39 is 12.0 Å². The van der Waals surface area contributed by atoms with Crippen LogP contribution in [0, 0.1) is 0 Å². The Morgan fingerprint density at radius 2 is 1.79 bits per heavy atom. The average Bonchev–Trinajstić information content (AvgIpc) is 3.57. The van der Waals surface area contributed by atoms with Crippen molar-refractivity contribution in [3.63, 3.8) is 0 Å². The monoisotopic (exact) mass is 521 g/mol. The van der Waals surface area contributed by atoms with Crippen LogP contribution in [0.15, 0.2) is 46.5 Å². The second-order valence-electron chi connectivity index (χ2n) is 10.4. The van der Waals surface area contributed by atoms with Crippen LogP contribution in [0.1, 0.15) is 61.7 Å². The fourth-order valence-corrected chi connectivity index (χ4v) is 4.87. The van der Waals surface area contributed by atoms with E-state index in [1.165, 1.54) is 12.1 Å². The number of alkyl halides is 2. The average molecular weight is 522 g/mol. The molecule has 0 saturated carbocycles. The third-order valence-electron chi connectivity index (χ3n) is 6.92. The van der Waals surface area contributed by atoms with Gasteiger partial charge in [-0.15, -0.1) is 0 Å². The topological polar surface area (TPSA) is 95.5 Å². The molecule has 1 fully saturated rings. The zero-order valence-electron chi connectivity index (χ0n) is 21.7. The van der Waals surface area contributed by atoms with Gasteiger partial charge in [0.25, 0.3) is 18.2 Å². The highest BCUT2D eigenvalue weighted by Gasteiger charge is 2.40. The number of nitrogens with zero attached hydrogens (tertiary/aromatic N) is 7. The molecule has 2 aliphatic heterocycles. The van der Waals surface area contributed by atoms with Gasteiger partial charge in [-0.05, 0) is 25.8 Å². The van der Waals surface area contributed by atoms with Crippen molar-refractivity contribution in [1.29, 1.82) is 0 Å². The SMILES string of the molecule is CC(C)c1cc(-c2ccc(C(F)F)cc2)nn2cc(C(=O)N3CCN(C(=O)C4=NCC=N4)CC3(C)C)nc12. The van der Waals surface area contributed by atoms with Crippen molar-refractivity contribution in [2.45, 2.75) is 45.6 Å². The van der Waals surface area contributed by atoms with E-state index >= 15 is 0 Å². The second-order valence-corrected chi connectivity index (χ2v) is 10.4. The van der Waals surface area contributed by atoms with Gasteiger partial charge in [-0.3, -0.25) is 14.6 Å². The number of benzene rings is 1. The lowest BCUT2D eigenvalue weighted by Crippen LogP contribution is -2.62. The number of carbonyl (C=O) groups is 2. The van der Waals surface area contributed by atoms with Crippen LogP contribution >= 0.6 is 0 Å². The second kappa shape index (κ2) is 9.70. The summed E-state index contributed by atoms with van der Waals surface area (Å²) in [7, 11) is 0. The highest BCUT2D eigenvalue weighted by Crippen LogP contribution is 2.29. The molecule has 5 rings (SSSR count). The minimum atomic E-state index is -2.54. The largest absolute Gasteiger partial charge is 0.332 e. The molecule has 198 valence electrons. The molecule has 0 bridgehead atoms. The number of rotatable bonds is 5. The van der Waals surface area contributed by atoms with Crippen LogP contribution in [-0.4, -0.2) is 80.0 Å². The van der Waals surface area contributed by atoms with E-state index in [2.05, 4.69) is 20.1 Å². The highest BCUT2D eigenvalue weighted by atomic mass is 19.3. The van der Waals surface area contributed by atoms with Gasteiger partial charge >= 0.3 is 0 Å². The fraction of sp³-hybridized carbons (Fsp3) is 0.407. The van der Waals surface area contributed by atoms with Gasteiger partial charge in [0.1, 0.15) is 5.69 Å². The van der Waals surface area contributed by atoms with Crippen LogP contribution in [0.2, 0.25) is 0 Å². The predicted octanol–water partition coefficient (Wildman–Crippen LogP) is 4.00. The quantitative estimate of drug-likeness (QED) is 0.507. The third kappa shape index (κ3) is 4.68. The maximum atomic E-state index is 13.7. The van der Waals surface area contributed by atoms with E-state index in [0.717, 1.165) is 5.56 Å². The lowest BCUT2D eigenvalue weighted by Gasteiger charge is -2.46. The molecule has 0 atom stereocenters. The number of hydrogen-bond acceptors (Lipinski definition) is 6. The van der Waals surface area contributed by atoms with Gasteiger partial charge in [0.15, 0.2) is 5.65 Å². The smallest absolute Gasteiger partial charge is 0.291 e. The number of amidine groups is 1. The van der Waals surface area contributed by atoms with Crippen molar-refractivity contribution in [2.24, 2.45) is 9.98 Å². The first-order valence-electron chi connectivity index (χ1n) is 12.5. The highest BCUT2D eigenvalue weighted by molar-refractivity contribution is 6.40. The lowest BCUT2D eigenvalue weighted by molar-refractivity contribution is -0.128. The molecule has 0 unspecified atom stereocenters. The van der Waals surface area contributed by atoms with Gasteiger partial charge in [0, 0.05) is 42.5 Å². The molecule has 0 N–H and O–H groups in total. The molecular formula is C27H29F2N7O2. The zero-order valence-corrected chi connectivity index (χ0v) is 21.7. The molecule has 2 aromatic heterocycles. The van der Waals surface area contributed by atoms with Gasteiger partial charge in [-0.1, -0.05) is 38.1 Å². The number of fused-ring (bicyclic) bond motifs is 1. The Bertz CT molecular complexity index is 1460. The number of aliphatic imine (C=N–C) groups is 2. The maximum absolute atomic E-state index is 13.7. The Hall–Kier alpha value is -4.02. The number of imidazole rings is 1. The summed E-state index contributed by atoms with van der Waals surface area (Å²) in [4.78, 5) is 42.7. The van der Waals surface area contributed by atoms with Crippen LogP contribution in [0.4, 0.5) is 8.78 Å². The summed E-state index contributed by atoms with van der Waals surface area (Å²) in [6.45, 7) is 9.33. The fourth-order valence-electron chi connectivity index (χ4n) is 4.87. The minimum Gasteiger partial charge on any atom is -0.332 e. The molecule has 2 amide bonds. The molecule has 2 aliphatic rings. The minimum absolute atomic E-state index is 0.0530. The number of amides is 2. The van der Waals surface area contributed by atoms with Crippen LogP contribution in [0.5, 0.6) is 0 Å². The molecule has 11 heteroatoms. The normalized spacial score (nSPS) is 17.1. The number of halogens is 2. The van der Waals surface area contributed by atoms with Crippen molar-refractivity contribution in [2.75, 3.05) is 26.2 Å². The van der Waals surface area contributed by atoms with Crippen molar-refractivity contribution in [3.8, 4) is 11.3 Å². The first kappa shape index (κ1) is 25.6. The summed E-state index contributed by atoms with van der Waals surface area (Å²) in [5.74, 6) is -0.196. The molecule has 9 nitrogen and oxygen atoms in total. The van der Waals surface area contributed by atoms with Crippen LogP contribution < -0.4 is 0 Å². The molecule has 3 aromatic rings. The summed E-state index contributed by atoms with van der Waals surface area (Å²) in [6, 6.07) is 7.91. The first-order chi connectivity index (χ1) is 18.0. The maximum Gasteiger partial charge on any atom is 0.291 e. The van der Waals surface area contributed by atoms with Gasteiger partial charge < -0.3 is 9.80 Å². The number of aromatic nitrogens is 3. The summed E-state index contributed by atoms with van der Waals surface area (Å²) in [5, 5.41) is 4.64. The van der Waals surface area contributed by atoms with Crippen LogP contribution in [0.25, 0.3) is 16.9 Å². The molecule has 38 heavy (non-hydrogen) atoms. The van der Waals surface area contributed by atoms with Crippen molar-refractivity contribution >= 4 is 29.5 Å². The Kier molecular flexibility index (Phi) is 6.54. The number of carbonyl (C=O) groups excluding carboxylic acids is 2. The van der Waals surface area contributed by atoms with Gasteiger partial charge in [0.2, 0.25) is 5.84 Å². The van der Waals surface area contributed by atoms with E-state index in [1.807, 2.05) is 33.8 Å². The van der Waals surface area contributed by atoms with Crippen LogP contribution in [0.3, 0.4) is 0 Å². The van der Waals surface area contributed by atoms with Crippen LogP contribution in [-0.2, 0) is 4.79 Å². The van der Waals surface area contributed by atoms with Crippen molar-refractivity contribution in [3.05, 3.63) is 53.3 Å². The summed E-state index contributed by atoms with van der Waals surface area (Å²) in [6.07, 6.45) is 0.670. The van der Waals surface area contributed by atoms with Crippen molar-refractivity contribution in [1.82, 2.24) is 24.4 Å². The van der Waals surface area contributed by atoms with Crippen molar-refractivity contribution < 1.29 is 18.4 Å². The Labute approximate surface area is 218 Å². The van der Waals surface area contributed by atoms with Gasteiger partial charge in [-0.2, -0.15) is 5.10 Å². The van der Waals surface area contributed by atoms with E-state index in [-0.39, 0.29) is 34.8 Å². The summed E-state index contributed by atoms with van der Waals surface area (Å²) < 4.78 is 27.6. The summed E-state index contributed by atoms with van der Waals surface area (Å²) >= 11 is 0. The lowest BCUT2D eigenvalue weighted by atomic mass is 9.98. The molecule has 1 saturated heterocycles. The Morgan fingerprint density at radius 1 is 1.05 bits per heavy atom. The Morgan fingerprint density at radius 3 is 2.39 bits per heavy atom. The number of hydrogen-bond donors (Lipinski definition) is 0. The Balaban J connectivity index is 1.43. The molecular weight excluding hydrogens is 492 g/mol. The van der Waals surface area contributed by atoms with E-state index in [1.54, 1.807) is 38.9 Å². The molecule has 1 aromatic carbocycles. The molecule has 0 radical (unpaired) electrons. The van der Waals surface area contributed by atoms with E-state index in [9.17, 15) is 18.4 Å². The predicted molar refractivity (Wildman–Crippen MR) is 140 cm³/mol.